The number of anilines is 1. The Hall–Kier alpha value is -1.31. The molecule has 0 aliphatic carbocycles. The van der Waals surface area contributed by atoms with Crippen molar-refractivity contribution in [3.05, 3.63) is 23.8 Å². The lowest BCUT2D eigenvalue weighted by Crippen LogP contribution is -2.41. The van der Waals surface area contributed by atoms with E-state index in [9.17, 15) is 8.42 Å². The molecule has 1 heterocycles. The van der Waals surface area contributed by atoms with Crippen molar-refractivity contribution in [2.75, 3.05) is 24.9 Å². The number of hydrogen-bond donors (Lipinski definition) is 2. The predicted octanol–water partition coefficient (Wildman–Crippen LogP) is 1.54. The average Bonchev–Trinajstić information content (AvgIpc) is 2.47. The lowest BCUT2D eigenvalue weighted by atomic mass is 10.0. The van der Waals surface area contributed by atoms with E-state index < -0.39 is 10.2 Å². The van der Waals surface area contributed by atoms with Gasteiger partial charge in [-0.1, -0.05) is 19.1 Å². The molecule has 1 fully saturated rings. The minimum absolute atomic E-state index is 0.242. The lowest BCUT2D eigenvalue weighted by molar-refractivity contribution is 0.289. The van der Waals surface area contributed by atoms with E-state index in [1.165, 1.54) is 11.4 Å². The largest absolute Gasteiger partial charge is 0.495 e. The maximum Gasteiger partial charge on any atom is 0.301 e. The summed E-state index contributed by atoms with van der Waals surface area (Å²) < 4.78 is 34.4. The van der Waals surface area contributed by atoms with Gasteiger partial charge in [0, 0.05) is 19.6 Å². The molecule has 1 aliphatic rings. The van der Waals surface area contributed by atoms with Crippen LogP contribution in [0.1, 0.15) is 25.3 Å². The zero-order valence-corrected chi connectivity index (χ0v) is 13.3. The minimum Gasteiger partial charge on any atom is -0.495 e. The van der Waals surface area contributed by atoms with Crippen molar-refractivity contribution < 1.29 is 13.2 Å². The molecule has 6 nitrogen and oxygen atoms in total. The number of nitrogens with one attached hydrogen (secondary N) is 1. The van der Waals surface area contributed by atoms with E-state index in [2.05, 4.69) is 11.6 Å². The molecule has 3 N–H and O–H groups in total. The third-order valence-electron chi connectivity index (χ3n) is 3.87. The predicted molar refractivity (Wildman–Crippen MR) is 83.4 cm³/mol. The molecule has 118 valence electrons. The number of nitrogens with two attached hydrogens (primary N) is 1. The number of benzene rings is 1. The van der Waals surface area contributed by atoms with Gasteiger partial charge in [0.15, 0.2) is 0 Å². The highest BCUT2D eigenvalue weighted by Gasteiger charge is 2.27. The van der Waals surface area contributed by atoms with Crippen molar-refractivity contribution in [3.63, 3.8) is 0 Å². The summed E-state index contributed by atoms with van der Waals surface area (Å²) in [7, 11) is -2.07. The van der Waals surface area contributed by atoms with Gasteiger partial charge in [-0.3, -0.25) is 4.72 Å². The van der Waals surface area contributed by atoms with Crippen LogP contribution in [0, 0.1) is 5.92 Å². The molecule has 0 radical (unpaired) electrons. The molecule has 0 saturated carbocycles. The number of para-hydroxylation sites is 1. The molecule has 1 aromatic rings. The number of rotatable bonds is 5. The van der Waals surface area contributed by atoms with Crippen molar-refractivity contribution in [3.8, 4) is 5.75 Å². The van der Waals surface area contributed by atoms with Crippen LogP contribution in [-0.2, 0) is 16.8 Å². The topological polar surface area (TPSA) is 84.7 Å². The summed E-state index contributed by atoms with van der Waals surface area (Å²) in [5.41, 5.74) is 6.83. The van der Waals surface area contributed by atoms with Crippen molar-refractivity contribution in [2.24, 2.45) is 11.7 Å². The summed E-state index contributed by atoms with van der Waals surface area (Å²) in [6.45, 7) is 3.48. The maximum absolute atomic E-state index is 12.5. The fourth-order valence-corrected chi connectivity index (χ4v) is 3.76. The molecule has 0 aromatic heterocycles. The van der Waals surface area contributed by atoms with Crippen LogP contribution in [0.4, 0.5) is 5.69 Å². The average molecular weight is 313 g/mol. The minimum atomic E-state index is -3.58. The molecule has 0 spiro atoms. The van der Waals surface area contributed by atoms with Crippen molar-refractivity contribution in [2.45, 2.75) is 26.3 Å². The molecule has 2 rings (SSSR count). The highest BCUT2D eigenvalue weighted by molar-refractivity contribution is 7.90. The summed E-state index contributed by atoms with van der Waals surface area (Å²) in [4.78, 5) is 0. The number of hydrogen-bond acceptors (Lipinski definition) is 4. The van der Waals surface area contributed by atoms with Crippen LogP contribution in [0.25, 0.3) is 0 Å². The van der Waals surface area contributed by atoms with Crippen molar-refractivity contribution >= 4 is 15.9 Å². The Bertz CT molecular complexity index is 559. The van der Waals surface area contributed by atoms with Gasteiger partial charge in [0.1, 0.15) is 5.75 Å². The molecule has 1 saturated heterocycles. The van der Waals surface area contributed by atoms with Crippen LogP contribution >= 0.6 is 0 Å². The standard InChI is InChI=1S/C14H23N3O3S/c1-11-6-8-17(9-7-11)21(18,19)16-14-12(10-15)4-3-5-13(14)20-2/h3-5,11,16H,6-10,15H2,1-2H3. The van der Waals surface area contributed by atoms with E-state index in [-0.39, 0.29) is 6.54 Å². The van der Waals surface area contributed by atoms with E-state index in [0.29, 0.717) is 36.0 Å². The summed E-state index contributed by atoms with van der Waals surface area (Å²) in [6.07, 6.45) is 1.77. The molecule has 1 aliphatic heterocycles. The number of methoxy groups -OCH3 is 1. The Morgan fingerprint density at radius 2 is 2.05 bits per heavy atom. The first-order valence-electron chi connectivity index (χ1n) is 7.11. The SMILES string of the molecule is COc1cccc(CN)c1NS(=O)(=O)N1CCC(C)CC1. The maximum atomic E-state index is 12.5. The molecule has 7 heteroatoms. The van der Waals surface area contributed by atoms with Gasteiger partial charge in [-0.15, -0.1) is 0 Å². The van der Waals surface area contributed by atoms with E-state index in [1.807, 2.05) is 0 Å². The third kappa shape index (κ3) is 3.66. The molecular formula is C14H23N3O3S. The second kappa shape index (κ2) is 6.64. The lowest BCUT2D eigenvalue weighted by Gasteiger charge is -2.30. The molecule has 0 bridgehead atoms. The van der Waals surface area contributed by atoms with Gasteiger partial charge in [0.25, 0.3) is 0 Å². The fraction of sp³-hybridized carbons (Fsp3) is 0.571. The van der Waals surface area contributed by atoms with Crippen LogP contribution in [0.2, 0.25) is 0 Å². The van der Waals surface area contributed by atoms with E-state index in [1.54, 1.807) is 18.2 Å². The molecule has 21 heavy (non-hydrogen) atoms. The number of piperidine rings is 1. The number of nitrogens with zero attached hydrogens (tertiary/aromatic N) is 1. The second-order valence-electron chi connectivity index (χ2n) is 5.39. The van der Waals surface area contributed by atoms with Crippen LogP contribution in [-0.4, -0.2) is 32.9 Å². The summed E-state index contributed by atoms with van der Waals surface area (Å²) in [5.74, 6) is 1.05. The Morgan fingerprint density at radius 1 is 1.38 bits per heavy atom. The Labute approximate surface area is 126 Å². The van der Waals surface area contributed by atoms with Gasteiger partial charge in [-0.25, -0.2) is 0 Å². The van der Waals surface area contributed by atoms with Gasteiger partial charge < -0.3 is 10.5 Å². The monoisotopic (exact) mass is 313 g/mol. The van der Waals surface area contributed by atoms with Gasteiger partial charge >= 0.3 is 10.2 Å². The van der Waals surface area contributed by atoms with E-state index >= 15 is 0 Å². The Morgan fingerprint density at radius 3 is 2.62 bits per heavy atom. The van der Waals surface area contributed by atoms with Gasteiger partial charge in [-0.2, -0.15) is 12.7 Å². The third-order valence-corrected chi connectivity index (χ3v) is 5.37. The van der Waals surface area contributed by atoms with E-state index in [4.69, 9.17) is 10.5 Å². The zero-order chi connectivity index (χ0) is 15.5. The Balaban J connectivity index is 2.24. The smallest absolute Gasteiger partial charge is 0.301 e. The highest BCUT2D eigenvalue weighted by Crippen LogP contribution is 2.30. The van der Waals surface area contributed by atoms with Gasteiger partial charge in [-0.05, 0) is 30.4 Å². The Kier molecular flexibility index (Phi) is 5.08. The van der Waals surface area contributed by atoms with Crippen LogP contribution in [0.15, 0.2) is 18.2 Å². The van der Waals surface area contributed by atoms with Gasteiger partial charge in [0.2, 0.25) is 0 Å². The first-order chi connectivity index (χ1) is 9.97. The normalized spacial score (nSPS) is 17.7. The molecule has 0 atom stereocenters. The first-order valence-corrected chi connectivity index (χ1v) is 8.55. The number of ether oxygens (including phenoxy) is 1. The van der Waals surface area contributed by atoms with Crippen molar-refractivity contribution in [1.82, 2.24) is 4.31 Å². The van der Waals surface area contributed by atoms with Crippen molar-refractivity contribution in [1.29, 1.82) is 0 Å². The quantitative estimate of drug-likeness (QED) is 0.863. The summed E-state index contributed by atoms with van der Waals surface area (Å²) in [5, 5.41) is 0. The molecular weight excluding hydrogens is 290 g/mol. The van der Waals surface area contributed by atoms with Crippen LogP contribution in [0.5, 0.6) is 5.75 Å². The molecule has 0 unspecified atom stereocenters. The zero-order valence-electron chi connectivity index (χ0n) is 12.5. The molecule has 0 amide bonds. The molecule has 1 aromatic carbocycles. The summed E-state index contributed by atoms with van der Waals surface area (Å²) in [6, 6.07) is 5.30. The van der Waals surface area contributed by atoms with E-state index in [0.717, 1.165) is 12.8 Å². The second-order valence-corrected chi connectivity index (χ2v) is 7.06. The van der Waals surface area contributed by atoms with Gasteiger partial charge in [0.05, 0.1) is 12.8 Å². The first kappa shape index (κ1) is 16.1. The highest BCUT2D eigenvalue weighted by atomic mass is 32.2. The van der Waals surface area contributed by atoms with Crippen LogP contribution in [0.3, 0.4) is 0 Å². The summed E-state index contributed by atoms with van der Waals surface area (Å²) >= 11 is 0. The fourth-order valence-electron chi connectivity index (χ4n) is 2.45. The van der Waals surface area contributed by atoms with Crippen LogP contribution < -0.4 is 15.2 Å².